The zero-order chi connectivity index (χ0) is 69.4. The molecule has 4 aromatic heterocycles. The highest BCUT2D eigenvalue weighted by molar-refractivity contribution is 6.77. The zero-order valence-electron chi connectivity index (χ0n) is 61.6. The number of amides is 2. The lowest BCUT2D eigenvalue weighted by Crippen LogP contribution is -2.54. The third kappa shape index (κ3) is 23.2. The maximum Gasteiger partial charge on any atom is 0.490 e. The molecule has 0 radical (unpaired) electrons. The lowest BCUT2D eigenvalue weighted by atomic mass is 9.69. The maximum absolute atomic E-state index is 13.1. The number of piperidine rings is 2. The van der Waals surface area contributed by atoms with Crippen LogP contribution in [0, 0.1) is 0 Å². The molecule has 26 heteroatoms. The number of nitrogens with zero attached hydrogens (tertiary/aromatic N) is 10. The van der Waals surface area contributed by atoms with E-state index in [4.69, 9.17) is 54.3 Å². The molecule has 526 valence electrons. The van der Waals surface area contributed by atoms with E-state index in [1.807, 2.05) is 79.0 Å². The third-order valence-corrected chi connectivity index (χ3v) is 24.7. The van der Waals surface area contributed by atoms with Crippen molar-refractivity contribution in [1.29, 1.82) is 0 Å². The van der Waals surface area contributed by atoms with Crippen molar-refractivity contribution < 1.29 is 47.3 Å². The van der Waals surface area contributed by atoms with Crippen molar-refractivity contribution >= 4 is 91.7 Å². The molecule has 4 aromatic rings. The second kappa shape index (κ2) is 31.8. The van der Waals surface area contributed by atoms with Gasteiger partial charge in [-0.3, -0.25) is 9.80 Å². The van der Waals surface area contributed by atoms with E-state index in [1.165, 1.54) is 11.0 Å². The van der Waals surface area contributed by atoms with Gasteiger partial charge in [0.25, 0.3) is 0 Å². The number of carbonyl (C=O) groups is 2. The van der Waals surface area contributed by atoms with E-state index in [2.05, 4.69) is 145 Å². The van der Waals surface area contributed by atoms with Crippen molar-refractivity contribution in [2.45, 2.75) is 270 Å². The van der Waals surface area contributed by atoms with Crippen molar-refractivity contribution in [3.8, 4) is 0 Å². The molecule has 5 aliphatic rings. The molecule has 5 aliphatic heterocycles. The van der Waals surface area contributed by atoms with Crippen LogP contribution in [0.5, 0.6) is 0 Å². The van der Waals surface area contributed by atoms with Crippen molar-refractivity contribution in [1.82, 2.24) is 39.0 Å². The van der Waals surface area contributed by atoms with Crippen molar-refractivity contribution in [2.24, 2.45) is 0 Å². The minimum Gasteiger partial charge on any atom is -0.444 e. The monoisotopic (exact) mass is 1390 g/mol. The molecule has 0 aromatic carbocycles. The first kappa shape index (κ1) is 77.2. The third-order valence-electron chi connectivity index (χ3n) is 17.7. The normalized spacial score (nSPS) is 20.6. The molecule has 20 nitrogen and oxygen atoms in total. The predicted octanol–water partition coefficient (Wildman–Crippen LogP) is 16.0. The second-order valence-corrected chi connectivity index (χ2v) is 57.0. The Balaban J connectivity index is 0.000000209. The highest BCUT2D eigenvalue weighted by Gasteiger charge is 2.54. The van der Waals surface area contributed by atoms with E-state index >= 15 is 0 Å². The quantitative estimate of drug-likeness (QED) is 0.0279. The fourth-order valence-electron chi connectivity index (χ4n) is 11.6. The van der Waals surface area contributed by atoms with Crippen LogP contribution >= 0.6 is 11.6 Å². The van der Waals surface area contributed by atoms with Crippen LogP contribution in [0.1, 0.15) is 126 Å². The smallest absolute Gasteiger partial charge is 0.444 e. The van der Waals surface area contributed by atoms with Gasteiger partial charge in [-0.05, 0) is 156 Å². The highest BCUT2D eigenvalue weighted by atomic mass is 35.5. The summed E-state index contributed by atoms with van der Waals surface area (Å²) in [6.07, 6.45) is 15.2. The molecule has 2 amide bonds. The van der Waals surface area contributed by atoms with Crippen LogP contribution in [0.15, 0.2) is 54.3 Å². The minimum atomic E-state index is -1.21. The summed E-state index contributed by atoms with van der Waals surface area (Å²) in [5.74, 6) is 1.73. The number of halogens is 1. The fourth-order valence-corrected chi connectivity index (χ4v) is 14.8. The van der Waals surface area contributed by atoms with E-state index in [0.29, 0.717) is 37.7 Å². The number of aromatic nitrogens is 6. The molecule has 9 heterocycles. The predicted molar refractivity (Wildman–Crippen MR) is 392 cm³/mol. The maximum atomic E-state index is 13.1. The summed E-state index contributed by atoms with van der Waals surface area (Å²) in [6, 6.07) is 12.6. The molecule has 4 bridgehead atoms. The van der Waals surface area contributed by atoms with Gasteiger partial charge in [-0.1, -0.05) is 102 Å². The number of rotatable bonds is 24. The Hall–Kier alpha value is -4.16. The van der Waals surface area contributed by atoms with Gasteiger partial charge in [0.2, 0.25) is 0 Å². The van der Waals surface area contributed by atoms with E-state index in [9.17, 15) is 9.59 Å². The number of fused-ring (bicyclic) bond motifs is 6. The molecule has 3 saturated heterocycles. The first-order valence-corrected chi connectivity index (χ1v) is 49.7. The lowest BCUT2D eigenvalue weighted by Gasteiger charge is -2.45. The summed E-state index contributed by atoms with van der Waals surface area (Å²) >= 11 is 6.22. The second-order valence-electron chi connectivity index (χ2n) is 34.1. The molecule has 0 saturated carbocycles. The zero-order valence-corrected chi connectivity index (χ0v) is 66.3. The Kier molecular flexibility index (Phi) is 26.1. The largest absolute Gasteiger partial charge is 0.490 e. The Morgan fingerprint density at radius 3 is 1.34 bits per heavy atom. The van der Waals surface area contributed by atoms with Gasteiger partial charge >= 0.3 is 19.3 Å². The molecular weight excluding hydrogens is 1280 g/mol. The van der Waals surface area contributed by atoms with Crippen LogP contribution in [0.2, 0.25) is 108 Å². The Bertz CT molecular complexity index is 3140. The van der Waals surface area contributed by atoms with Gasteiger partial charge in [-0.15, -0.1) is 0 Å². The van der Waals surface area contributed by atoms with Crippen LogP contribution in [0.3, 0.4) is 0 Å². The number of anilines is 2. The number of carbonyl (C=O) groups excluding carboxylic acids is 2. The Morgan fingerprint density at radius 1 is 0.574 bits per heavy atom. The average Bonchev–Trinajstić information content (AvgIpc) is 1.42. The van der Waals surface area contributed by atoms with Crippen molar-refractivity contribution in [3.63, 3.8) is 0 Å². The molecule has 0 spiro atoms. The molecule has 4 unspecified atom stereocenters. The molecule has 94 heavy (non-hydrogen) atoms. The van der Waals surface area contributed by atoms with Crippen LogP contribution in [0.25, 0.3) is 16.9 Å². The summed E-state index contributed by atoms with van der Waals surface area (Å²) in [5, 5.41) is 9.42. The molecular formula is C68H118BClN10O10Si4. The van der Waals surface area contributed by atoms with E-state index in [0.717, 1.165) is 125 Å². The summed E-state index contributed by atoms with van der Waals surface area (Å²) < 4.78 is 51.9. The van der Waals surface area contributed by atoms with E-state index in [1.54, 1.807) is 16.9 Å². The molecule has 0 N–H and O–H groups in total. The highest BCUT2D eigenvalue weighted by Crippen LogP contribution is 2.43. The van der Waals surface area contributed by atoms with Gasteiger partial charge in [-0.2, -0.15) is 19.2 Å². The fraction of sp³-hybridized carbons (Fsp3) is 0.735. The van der Waals surface area contributed by atoms with Crippen molar-refractivity contribution in [2.75, 3.05) is 63.2 Å². The minimum absolute atomic E-state index is 0.0136. The molecule has 3 fully saturated rings. The SMILES string of the molecule is CC(C)(C)OC(=O)N1C2C=C(B3OC(C)(C)C(C)(C)O3)CC1CCC2.CC(C)(C)OC(=O)N1C2C=C(c3cc(N(COCC[Si](C)(C)C)COCC[Si](C)(C)C)n4nccc4n3)CC1CCC2.C[Si](C)(C)CCOCN(COCC[Si](C)(C)C)c1cc(Cl)nc2ccnn12. The first-order valence-electron chi connectivity index (χ1n) is 34.5. The number of hydrogen-bond donors (Lipinski definition) is 0. The summed E-state index contributed by atoms with van der Waals surface area (Å²) in [7, 11) is -4.97. The number of ether oxygens (including phenoxy) is 6. The van der Waals surface area contributed by atoms with Gasteiger partial charge < -0.3 is 47.5 Å². The van der Waals surface area contributed by atoms with Gasteiger partial charge in [-0.25, -0.2) is 19.6 Å². The van der Waals surface area contributed by atoms with Crippen LogP contribution in [-0.2, 0) is 37.7 Å². The van der Waals surface area contributed by atoms with Crippen LogP contribution in [0.4, 0.5) is 21.2 Å². The topological polar surface area (TPSA) is 181 Å². The van der Waals surface area contributed by atoms with Gasteiger partial charge in [0.15, 0.2) is 11.3 Å². The molecule has 4 atom stereocenters. The molecule has 9 rings (SSSR count). The van der Waals surface area contributed by atoms with Crippen molar-refractivity contribution in [3.05, 3.63) is 65.1 Å². The lowest BCUT2D eigenvalue weighted by molar-refractivity contribution is -0.00184. The Morgan fingerprint density at radius 2 is 0.957 bits per heavy atom. The van der Waals surface area contributed by atoms with Crippen LogP contribution in [-0.4, -0.2) is 191 Å². The summed E-state index contributed by atoms with van der Waals surface area (Å²) in [5.41, 5.74) is 3.11. The van der Waals surface area contributed by atoms with E-state index in [-0.39, 0.29) is 54.7 Å². The standard InChI is InChI=1S/C31H53N5O4Si2.C19H32BNO4.C18H33ClN4O2Si2/c1-31(2,3)40-30(37)35-25-11-10-12-26(35)20-24(19-25)27-21-29(36-28(33-27)13-14-32-36)34(22-38-15-17-41(4,5)6)23-39-16-18-42(7,8)9;1-17(2,3)23-16(22)21-14-9-8-10-15(21)12-13(11-14)20-24-18(4,5)19(6,7)25-20;1-26(2,3)11-9-24-14-22(15-25-10-12-27(4,5)6)18-13-16(19)21-17-7-8-20-23(17)18/h13-14,19,21,25-26H,10-12,15-18,20,22-23H2,1-9H3;11,14-15H,8-10,12H2,1-7H3;7-8,13H,9-12,14-15H2,1-6H3. The first-order chi connectivity index (χ1) is 43.5. The summed E-state index contributed by atoms with van der Waals surface area (Å²) in [4.78, 5) is 43.2. The Labute approximate surface area is 573 Å². The average molecular weight is 1390 g/mol. The number of hydrogen-bond acceptors (Lipinski definition) is 16. The van der Waals surface area contributed by atoms with Gasteiger partial charge in [0.1, 0.15) is 54.9 Å². The van der Waals surface area contributed by atoms with Crippen LogP contribution < -0.4 is 9.80 Å². The summed E-state index contributed by atoms with van der Waals surface area (Å²) in [6.45, 7) is 52.8. The molecule has 0 aliphatic carbocycles. The van der Waals surface area contributed by atoms with E-state index < -0.39 is 43.5 Å². The van der Waals surface area contributed by atoms with Gasteiger partial charge in [0.05, 0.1) is 41.4 Å². The van der Waals surface area contributed by atoms with Gasteiger partial charge in [0, 0.05) is 95.1 Å².